The first kappa shape index (κ1) is 21.7. The first-order valence-corrected chi connectivity index (χ1v) is 10.6. The van der Waals surface area contributed by atoms with Crippen LogP contribution in [0.5, 0.6) is 5.75 Å². The molecule has 0 atom stereocenters. The summed E-state index contributed by atoms with van der Waals surface area (Å²) in [7, 11) is 0. The molecule has 0 aliphatic carbocycles. The highest BCUT2D eigenvalue weighted by molar-refractivity contribution is 5.99. The molecule has 0 saturated carbocycles. The van der Waals surface area contributed by atoms with E-state index in [1.807, 2.05) is 30.3 Å². The van der Waals surface area contributed by atoms with Crippen LogP contribution in [-0.4, -0.2) is 34.8 Å². The average Bonchev–Trinajstić information content (AvgIpc) is 2.82. The molecule has 1 amide bonds. The third-order valence-corrected chi connectivity index (χ3v) is 5.89. The van der Waals surface area contributed by atoms with Crippen molar-refractivity contribution < 1.29 is 23.5 Å². The van der Waals surface area contributed by atoms with Crippen molar-refractivity contribution in [2.24, 2.45) is 5.92 Å². The lowest BCUT2D eigenvalue weighted by Gasteiger charge is -2.31. The van der Waals surface area contributed by atoms with Crippen LogP contribution in [0.25, 0.3) is 0 Å². The molecule has 3 aromatic carbocycles. The quantitative estimate of drug-likeness (QED) is 0.574. The summed E-state index contributed by atoms with van der Waals surface area (Å²) in [5.74, 6) is -2.72. The van der Waals surface area contributed by atoms with Crippen molar-refractivity contribution in [3.8, 4) is 5.75 Å². The molecule has 1 heterocycles. The Morgan fingerprint density at radius 3 is 2.31 bits per heavy atom. The number of phenols is 1. The van der Waals surface area contributed by atoms with E-state index in [1.54, 1.807) is 17.0 Å². The van der Waals surface area contributed by atoms with Gasteiger partial charge in [-0.15, -0.1) is 0 Å². The van der Waals surface area contributed by atoms with Crippen LogP contribution in [-0.2, 0) is 6.42 Å². The smallest absolute Gasteiger partial charge is 0.257 e. The van der Waals surface area contributed by atoms with E-state index in [1.165, 1.54) is 6.07 Å². The van der Waals surface area contributed by atoms with Crippen LogP contribution in [0.4, 0.5) is 8.78 Å². The van der Waals surface area contributed by atoms with Gasteiger partial charge in [-0.05, 0) is 60.7 Å². The summed E-state index contributed by atoms with van der Waals surface area (Å²) in [6.45, 7) is 0.600. The lowest BCUT2D eigenvalue weighted by Crippen LogP contribution is -2.40. The topological polar surface area (TPSA) is 57.6 Å². The number of carbonyl (C=O) groups excluding carboxylic acids is 2. The van der Waals surface area contributed by atoms with Crippen LogP contribution >= 0.6 is 0 Å². The number of Topliss-reactive ketones (excluding diaryl/α,β-unsaturated/α-hetero) is 1. The van der Waals surface area contributed by atoms with Crippen LogP contribution in [0.2, 0.25) is 0 Å². The van der Waals surface area contributed by atoms with Gasteiger partial charge in [-0.25, -0.2) is 8.78 Å². The number of ketones is 1. The minimum Gasteiger partial charge on any atom is -0.507 e. The van der Waals surface area contributed by atoms with Gasteiger partial charge in [0, 0.05) is 19.0 Å². The minimum absolute atomic E-state index is 0.0909. The van der Waals surface area contributed by atoms with Crippen LogP contribution in [0.1, 0.15) is 44.7 Å². The number of piperidine rings is 1. The van der Waals surface area contributed by atoms with Crippen molar-refractivity contribution in [1.29, 1.82) is 0 Å². The van der Waals surface area contributed by atoms with Crippen molar-refractivity contribution >= 4 is 11.7 Å². The van der Waals surface area contributed by atoms with E-state index in [0.717, 1.165) is 29.3 Å². The number of hydrogen-bond donors (Lipinski definition) is 1. The van der Waals surface area contributed by atoms with Gasteiger partial charge < -0.3 is 10.0 Å². The summed E-state index contributed by atoms with van der Waals surface area (Å²) in [6.07, 6.45) is 1.34. The minimum atomic E-state index is -0.741. The van der Waals surface area contributed by atoms with Gasteiger partial charge in [0.2, 0.25) is 0 Å². The molecule has 0 radical (unpaired) electrons. The van der Waals surface area contributed by atoms with Crippen LogP contribution in [0.15, 0.2) is 66.7 Å². The standard InChI is InChI=1S/C26H23F2NO3/c27-20-7-8-23(28)21(16-20)25(31)19-10-12-29(13-11-19)26(32)22-15-18(6-9-24(22)30)14-17-4-2-1-3-5-17/h1-9,15-16,19,30H,10-14H2. The largest absolute Gasteiger partial charge is 0.507 e. The molecule has 1 saturated heterocycles. The van der Waals surface area contributed by atoms with Crippen LogP contribution in [0, 0.1) is 17.6 Å². The number of carbonyl (C=O) groups is 2. The third-order valence-electron chi connectivity index (χ3n) is 5.89. The number of nitrogens with zero attached hydrogens (tertiary/aromatic N) is 1. The van der Waals surface area contributed by atoms with E-state index in [4.69, 9.17) is 0 Å². The van der Waals surface area contributed by atoms with Crippen LogP contribution < -0.4 is 0 Å². The Labute approximate surface area is 185 Å². The van der Waals surface area contributed by atoms with E-state index in [0.29, 0.717) is 32.4 Å². The SMILES string of the molecule is O=C(c1cc(F)ccc1F)C1CCN(C(=O)c2cc(Cc3ccccc3)ccc2O)CC1. The molecule has 4 rings (SSSR count). The predicted molar refractivity (Wildman–Crippen MR) is 117 cm³/mol. The van der Waals surface area contributed by atoms with Gasteiger partial charge in [0.05, 0.1) is 11.1 Å². The van der Waals surface area contributed by atoms with Crippen molar-refractivity contribution in [3.05, 3.63) is 101 Å². The predicted octanol–water partition coefficient (Wildman–Crippen LogP) is 5.00. The normalized spacial score (nSPS) is 14.4. The molecule has 1 N–H and O–H groups in total. The van der Waals surface area contributed by atoms with Gasteiger partial charge in [0.15, 0.2) is 5.78 Å². The molecule has 1 aliphatic heterocycles. The van der Waals surface area contributed by atoms with E-state index < -0.39 is 23.3 Å². The second-order valence-corrected chi connectivity index (χ2v) is 8.07. The number of rotatable bonds is 5. The van der Waals surface area contributed by atoms with Gasteiger partial charge in [0.1, 0.15) is 17.4 Å². The number of likely N-dealkylation sites (tertiary alicyclic amines) is 1. The van der Waals surface area contributed by atoms with Crippen molar-refractivity contribution in [1.82, 2.24) is 4.90 Å². The lowest BCUT2D eigenvalue weighted by molar-refractivity contribution is 0.0646. The van der Waals surface area contributed by atoms with Gasteiger partial charge >= 0.3 is 0 Å². The summed E-state index contributed by atoms with van der Waals surface area (Å²) in [5.41, 5.74) is 1.98. The van der Waals surface area contributed by atoms with E-state index in [2.05, 4.69) is 0 Å². The molecule has 4 nitrogen and oxygen atoms in total. The highest BCUT2D eigenvalue weighted by Crippen LogP contribution is 2.27. The molecular formula is C26H23F2NO3. The second-order valence-electron chi connectivity index (χ2n) is 8.07. The fourth-order valence-electron chi connectivity index (χ4n) is 4.12. The van der Waals surface area contributed by atoms with Gasteiger partial charge in [-0.3, -0.25) is 9.59 Å². The molecule has 3 aromatic rings. The van der Waals surface area contributed by atoms with E-state index in [9.17, 15) is 23.5 Å². The summed E-state index contributed by atoms with van der Waals surface area (Å²) < 4.78 is 27.4. The zero-order valence-electron chi connectivity index (χ0n) is 17.4. The van der Waals surface area contributed by atoms with Gasteiger partial charge in [-0.2, -0.15) is 0 Å². The Kier molecular flexibility index (Phi) is 6.30. The number of amides is 1. The van der Waals surface area contributed by atoms with E-state index >= 15 is 0 Å². The Balaban J connectivity index is 1.43. The van der Waals surface area contributed by atoms with Crippen LogP contribution in [0.3, 0.4) is 0 Å². The lowest BCUT2D eigenvalue weighted by atomic mass is 9.88. The first-order chi connectivity index (χ1) is 15.4. The van der Waals surface area contributed by atoms with Gasteiger partial charge in [0.25, 0.3) is 5.91 Å². The Morgan fingerprint density at radius 1 is 0.875 bits per heavy atom. The van der Waals surface area contributed by atoms with Crippen molar-refractivity contribution in [2.75, 3.05) is 13.1 Å². The summed E-state index contributed by atoms with van der Waals surface area (Å²) >= 11 is 0. The summed E-state index contributed by atoms with van der Waals surface area (Å²) in [5, 5.41) is 10.3. The average molecular weight is 435 g/mol. The maximum absolute atomic E-state index is 14.0. The molecule has 0 spiro atoms. The number of aromatic hydroxyl groups is 1. The fourth-order valence-corrected chi connectivity index (χ4v) is 4.12. The van der Waals surface area contributed by atoms with Crippen molar-refractivity contribution in [2.45, 2.75) is 19.3 Å². The number of halogens is 2. The number of phenolic OH excluding ortho intramolecular Hbond substituents is 1. The Bertz CT molecular complexity index is 1140. The molecule has 0 unspecified atom stereocenters. The molecule has 32 heavy (non-hydrogen) atoms. The maximum atomic E-state index is 14.0. The first-order valence-electron chi connectivity index (χ1n) is 10.6. The number of hydrogen-bond acceptors (Lipinski definition) is 3. The molecule has 1 aliphatic rings. The highest BCUT2D eigenvalue weighted by atomic mass is 19.1. The molecule has 164 valence electrons. The molecule has 0 aromatic heterocycles. The fraction of sp³-hybridized carbons (Fsp3) is 0.231. The zero-order valence-corrected chi connectivity index (χ0v) is 17.4. The molecule has 1 fully saturated rings. The second kappa shape index (κ2) is 9.30. The zero-order chi connectivity index (χ0) is 22.7. The molecule has 0 bridgehead atoms. The number of benzene rings is 3. The highest BCUT2D eigenvalue weighted by Gasteiger charge is 2.30. The van der Waals surface area contributed by atoms with Crippen molar-refractivity contribution in [3.63, 3.8) is 0 Å². The summed E-state index contributed by atoms with van der Waals surface area (Å²) in [4.78, 5) is 27.3. The summed E-state index contributed by atoms with van der Waals surface area (Å²) in [6, 6.07) is 17.7. The molecular weight excluding hydrogens is 412 g/mol. The third kappa shape index (κ3) is 4.69. The Morgan fingerprint density at radius 2 is 1.59 bits per heavy atom. The molecule has 6 heteroatoms. The van der Waals surface area contributed by atoms with Gasteiger partial charge in [-0.1, -0.05) is 36.4 Å². The maximum Gasteiger partial charge on any atom is 0.257 e. The van der Waals surface area contributed by atoms with E-state index in [-0.39, 0.29) is 22.8 Å². The Hall–Kier alpha value is -3.54. The monoisotopic (exact) mass is 435 g/mol.